The minimum Gasteiger partial charge on any atom is -0.391 e. The number of aliphatic hydroxyl groups is 1. The van der Waals surface area contributed by atoms with Crippen LogP contribution in [0, 0.1) is 6.92 Å². The number of aromatic nitrogens is 3. The number of carbonyl (C=O) groups is 1. The van der Waals surface area contributed by atoms with Crippen molar-refractivity contribution in [2.75, 3.05) is 26.2 Å². The minimum absolute atomic E-state index is 0.00489. The maximum absolute atomic E-state index is 12.8. The molecule has 128 valence electrons. The van der Waals surface area contributed by atoms with E-state index in [1.807, 2.05) is 24.1 Å². The third kappa shape index (κ3) is 2.67. The number of fused-ring (bicyclic) bond motifs is 1. The van der Waals surface area contributed by atoms with E-state index in [1.165, 1.54) is 0 Å². The summed E-state index contributed by atoms with van der Waals surface area (Å²) in [5, 5.41) is 14.3. The number of rotatable bonds is 2. The number of carbonyl (C=O) groups excluding carboxylic acids is 1. The van der Waals surface area contributed by atoms with Crippen molar-refractivity contribution in [2.24, 2.45) is 0 Å². The van der Waals surface area contributed by atoms with Gasteiger partial charge in [-0.25, -0.2) is 9.50 Å². The molecule has 4 rings (SSSR count). The highest BCUT2D eigenvalue weighted by Crippen LogP contribution is 2.25. The van der Waals surface area contributed by atoms with E-state index in [2.05, 4.69) is 15.0 Å². The average molecular weight is 329 g/mol. The Morgan fingerprint density at radius 3 is 2.75 bits per heavy atom. The smallest absolute Gasteiger partial charge is 0.259 e. The number of piperazine rings is 1. The zero-order valence-corrected chi connectivity index (χ0v) is 13.9. The molecule has 2 aromatic rings. The van der Waals surface area contributed by atoms with Crippen molar-refractivity contribution in [3.63, 3.8) is 0 Å². The minimum atomic E-state index is -0.209. The SMILES string of the molecule is Cc1ccn2ncc(C(=O)N3CCN([C@@H]4CCC[C@H]4O)CC3)c2n1. The van der Waals surface area contributed by atoms with Gasteiger partial charge < -0.3 is 10.0 Å². The van der Waals surface area contributed by atoms with Crippen LogP contribution < -0.4 is 0 Å². The summed E-state index contributed by atoms with van der Waals surface area (Å²) in [6.45, 7) is 4.92. The Morgan fingerprint density at radius 2 is 2.04 bits per heavy atom. The Morgan fingerprint density at radius 1 is 1.25 bits per heavy atom. The summed E-state index contributed by atoms with van der Waals surface area (Å²) in [5.41, 5.74) is 2.05. The highest BCUT2D eigenvalue weighted by molar-refractivity contribution is 5.99. The fourth-order valence-corrected chi connectivity index (χ4v) is 3.88. The molecule has 0 bridgehead atoms. The summed E-state index contributed by atoms with van der Waals surface area (Å²) in [5.74, 6) is -0.00489. The van der Waals surface area contributed by atoms with Crippen molar-refractivity contribution >= 4 is 11.6 Å². The molecule has 3 heterocycles. The molecular formula is C17H23N5O2. The van der Waals surface area contributed by atoms with Gasteiger partial charge in [-0.2, -0.15) is 5.10 Å². The van der Waals surface area contributed by atoms with Crippen molar-refractivity contribution in [1.29, 1.82) is 0 Å². The fraction of sp³-hybridized carbons (Fsp3) is 0.588. The maximum Gasteiger partial charge on any atom is 0.259 e. The molecule has 1 N–H and O–H groups in total. The summed E-state index contributed by atoms with van der Waals surface area (Å²) in [7, 11) is 0. The average Bonchev–Trinajstić information content (AvgIpc) is 3.20. The molecule has 2 aromatic heterocycles. The van der Waals surface area contributed by atoms with E-state index in [0.717, 1.165) is 38.0 Å². The Kier molecular flexibility index (Phi) is 3.97. The van der Waals surface area contributed by atoms with E-state index in [9.17, 15) is 9.90 Å². The van der Waals surface area contributed by atoms with Gasteiger partial charge in [0.2, 0.25) is 0 Å². The molecule has 2 aliphatic rings. The molecule has 1 aliphatic carbocycles. The van der Waals surface area contributed by atoms with Crippen LogP contribution in [0.1, 0.15) is 35.3 Å². The van der Waals surface area contributed by atoms with E-state index in [4.69, 9.17) is 0 Å². The van der Waals surface area contributed by atoms with Crippen LogP contribution in [0.15, 0.2) is 18.5 Å². The zero-order chi connectivity index (χ0) is 16.7. The number of amides is 1. The Balaban J connectivity index is 1.47. The molecule has 7 heteroatoms. The quantitative estimate of drug-likeness (QED) is 0.878. The van der Waals surface area contributed by atoms with Gasteiger partial charge in [-0.15, -0.1) is 0 Å². The fourth-order valence-electron chi connectivity index (χ4n) is 3.88. The van der Waals surface area contributed by atoms with Gasteiger partial charge in [0, 0.05) is 44.1 Å². The lowest BCUT2D eigenvalue weighted by molar-refractivity contribution is 0.0316. The van der Waals surface area contributed by atoms with Crippen molar-refractivity contribution in [3.05, 3.63) is 29.7 Å². The molecular weight excluding hydrogens is 306 g/mol. The van der Waals surface area contributed by atoms with E-state index >= 15 is 0 Å². The summed E-state index contributed by atoms with van der Waals surface area (Å²) in [6.07, 6.45) is 6.28. The number of nitrogens with zero attached hydrogens (tertiary/aromatic N) is 5. The summed E-state index contributed by atoms with van der Waals surface area (Å²) < 4.78 is 1.64. The molecule has 0 aromatic carbocycles. The number of aliphatic hydroxyl groups excluding tert-OH is 1. The molecule has 1 saturated carbocycles. The standard InChI is InChI=1S/C17H23N5O2/c1-12-5-6-22-16(19-12)13(11-18-22)17(24)21-9-7-20(8-10-21)14-3-2-4-15(14)23/h5-6,11,14-15,23H,2-4,7-10H2,1H3/t14-,15-/m1/s1. The number of aryl methyl sites for hydroxylation is 1. The van der Waals surface area contributed by atoms with Gasteiger partial charge in [-0.05, 0) is 32.3 Å². The molecule has 0 unspecified atom stereocenters. The van der Waals surface area contributed by atoms with Crippen LogP contribution in [0.2, 0.25) is 0 Å². The van der Waals surface area contributed by atoms with Crippen LogP contribution in [-0.2, 0) is 0 Å². The monoisotopic (exact) mass is 329 g/mol. The highest BCUT2D eigenvalue weighted by atomic mass is 16.3. The molecule has 1 saturated heterocycles. The first-order valence-electron chi connectivity index (χ1n) is 8.66. The summed E-state index contributed by atoms with van der Waals surface area (Å²) >= 11 is 0. The van der Waals surface area contributed by atoms with Crippen LogP contribution in [0.3, 0.4) is 0 Å². The zero-order valence-electron chi connectivity index (χ0n) is 13.9. The van der Waals surface area contributed by atoms with Crippen molar-refractivity contribution in [2.45, 2.75) is 38.3 Å². The molecule has 2 fully saturated rings. The maximum atomic E-state index is 12.8. The number of hydrogen-bond donors (Lipinski definition) is 1. The topological polar surface area (TPSA) is 74.0 Å². The van der Waals surface area contributed by atoms with Gasteiger partial charge in [-0.1, -0.05) is 0 Å². The molecule has 0 spiro atoms. The number of hydrogen-bond acceptors (Lipinski definition) is 5. The van der Waals surface area contributed by atoms with E-state index < -0.39 is 0 Å². The van der Waals surface area contributed by atoms with Gasteiger partial charge in [0.25, 0.3) is 5.91 Å². The Labute approximate surface area is 140 Å². The second-order valence-electron chi connectivity index (χ2n) is 6.79. The van der Waals surface area contributed by atoms with Crippen LogP contribution in [0.25, 0.3) is 5.65 Å². The lowest BCUT2D eigenvalue weighted by atomic mass is 10.1. The molecule has 24 heavy (non-hydrogen) atoms. The van der Waals surface area contributed by atoms with Gasteiger partial charge in [-0.3, -0.25) is 9.69 Å². The lowest BCUT2D eigenvalue weighted by Crippen LogP contribution is -2.53. The first-order valence-corrected chi connectivity index (χ1v) is 8.66. The third-order valence-corrected chi connectivity index (χ3v) is 5.25. The van der Waals surface area contributed by atoms with Crippen molar-refractivity contribution in [3.8, 4) is 0 Å². The lowest BCUT2D eigenvalue weighted by Gasteiger charge is -2.39. The van der Waals surface area contributed by atoms with Gasteiger partial charge in [0.1, 0.15) is 5.56 Å². The first-order chi connectivity index (χ1) is 11.6. The molecule has 0 radical (unpaired) electrons. The van der Waals surface area contributed by atoms with Crippen LogP contribution in [0.5, 0.6) is 0 Å². The molecule has 1 amide bonds. The van der Waals surface area contributed by atoms with E-state index in [1.54, 1.807) is 10.7 Å². The third-order valence-electron chi connectivity index (χ3n) is 5.25. The van der Waals surface area contributed by atoms with Gasteiger partial charge in [0.15, 0.2) is 5.65 Å². The van der Waals surface area contributed by atoms with Crippen LogP contribution in [-0.4, -0.2) is 73.7 Å². The summed E-state index contributed by atoms with van der Waals surface area (Å²) in [4.78, 5) is 21.5. The predicted molar refractivity (Wildman–Crippen MR) is 88.8 cm³/mol. The van der Waals surface area contributed by atoms with Crippen molar-refractivity contribution in [1.82, 2.24) is 24.4 Å². The Bertz CT molecular complexity index is 751. The Hall–Kier alpha value is -1.99. The molecule has 2 atom stereocenters. The predicted octanol–water partition coefficient (Wildman–Crippen LogP) is 0.709. The van der Waals surface area contributed by atoms with Crippen LogP contribution >= 0.6 is 0 Å². The highest BCUT2D eigenvalue weighted by Gasteiger charge is 2.33. The summed E-state index contributed by atoms with van der Waals surface area (Å²) in [6, 6.07) is 2.14. The molecule has 7 nitrogen and oxygen atoms in total. The second-order valence-corrected chi connectivity index (χ2v) is 6.79. The largest absolute Gasteiger partial charge is 0.391 e. The van der Waals surface area contributed by atoms with Gasteiger partial charge >= 0.3 is 0 Å². The van der Waals surface area contributed by atoms with Crippen molar-refractivity contribution < 1.29 is 9.90 Å². The normalized spacial score (nSPS) is 25.5. The van der Waals surface area contributed by atoms with E-state index in [0.29, 0.717) is 24.3 Å². The first kappa shape index (κ1) is 15.5. The van der Waals surface area contributed by atoms with E-state index in [-0.39, 0.29) is 18.1 Å². The second kappa shape index (κ2) is 6.14. The van der Waals surface area contributed by atoms with Gasteiger partial charge in [0.05, 0.1) is 12.3 Å². The van der Waals surface area contributed by atoms with Crippen LogP contribution in [0.4, 0.5) is 0 Å². The molecule has 1 aliphatic heterocycles.